The first-order valence-electron chi connectivity index (χ1n) is 6.32. The summed E-state index contributed by atoms with van der Waals surface area (Å²) in [5, 5.41) is 10.6. The Labute approximate surface area is 125 Å². The molecule has 1 N–H and O–H groups in total. The van der Waals surface area contributed by atoms with Crippen molar-refractivity contribution in [1.82, 2.24) is 4.57 Å². The number of para-hydroxylation sites is 1. The highest BCUT2D eigenvalue weighted by Gasteiger charge is 2.16. The van der Waals surface area contributed by atoms with E-state index in [2.05, 4.69) is 0 Å². The van der Waals surface area contributed by atoms with Gasteiger partial charge in [-0.25, -0.2) is 9.18 Å². The molecule has 1 aromatic heterocycles. The van der Waals surface area contributed by atoms with E-state index < -0.39 is 5.97 Å². The van der Waals surface area contributed by atoms with Gasteiger partial charge in [-0.2, -0.15) is 0 Å². The summed E-state index contributed by atoms with van der Waals surface area (Å²) in [6, 6.07) is 12.9. The van der Waals surface area contributed by atoms with Gasteiger partial charge < -0.3 is 9.67 Å². The highest BCUT2D eigenvalue weighted by atomic mass is 35.5. The van der Waals surface area contributed by atoms with Crippen LogP contribution in [-0.4, -0.2) is 15.6 Å². The van der Waals surface area contributed by atoms with Crippen molar-refractivity contribution >= 4 is 28.5 Å². The second kappa shape index (κ2) is 5.22. The molecule has 3 aromatic rings. The predicted molar refractivity (Wildman–Crippen MR) is 79.4 cm³/mol. The second-order valence-corrected chi connectivity index (χ2v) is 5.13. The highest BCUT2D eigenvalue weighted by molar-refractivity contribution is 6.35. The Bertz CT molecular complexity index is 824. The average molecular weight is 304 g/mol. The van der Waals surface area contributed by atoms with Crippen molar-refractivity contribution in [2.24, 2.45) is 0 Å². The maximum absolute atomic E-state index is 13.0. The molecule has 0 saturated heterocycles. The molecule has 0 aliphatic heterocycles. The topological polar surface area (TPSA) is 42.2 Å². The fourth-order valence-corrected chi connectivity index (χ4v) is 2.68. The molecule has 0 fully saturated rings. The van der Waals surface area contributed by atoms with Crippen LogP contribution in [0.4, 0.5) is 4.39 Å². The number of hydrogen-bond donors (Lipinski definition) is 1. The van der Waals surface area contributed by atoms with Crippen LogP contribution in [0.3, 0.4) is 0 Å². The molecule has 21 heavy (non-hydrogen) atoms. The van der Waals surface area contributed by atoms with E-state index in [4.69, 9.17) is 11.6 Å². The van der Waals surface area contributed by atoms with Crippen LogP contribution in [0.25, 0.3) is 10.9 Å². The zero-order valence-corrected chi connectivity index (χ0v) is 11.6. The predicted octanol–water partition coefficient (Wildman–Crippen LogP) is 4.18. The number of nitrogens with zero attached hydrogens (tertiary/aromatic N) is 1. The van der Waals surface area contributed by atoms with Crippen molar-refractivity contribution in [2.75, 3.05) is 0 Å². The Morgan fingerprint density at radius 2 is 1.90 bits per heavy atom. The van der Waals surface area contributed by atoms with Crippen LogP contribution in [0.15, 0.2) is 48.5 Å². The third-order valence-electron chi connectivity index (χ3n) is 3.34. The number of carboxylic acid groups (broad SMARTS) is 1. The number of fused-ring (bicyclic) bond motifs is 1. The molecule has 1 heterocycles. The van der Waals surface area contributed by atoms with E-state index in [-0.39, 0.29) is 11.5 Å². The van der Waals surface area contributed by atoms with E-state index in [1.165, 1.54) is 12.1 Å². The minimum absolute atomic E-state index is 0.155. The summed E-state index contributed by atoms with van der Waals surface area (Å²) in [6.07, 6.45) is 0. The van der Waals surface area contributed by atoms with Crippen LogP contribution in [0.1, 0.15) is 16.1 Å². The van der Waals surface area contributed by atoms with Crippen LogP contribution in [-0.2, 0) is 6.54 Å². The zero-order valence-electron chi connectivity index (χ0n) is 10.9. The second-order valence-electron chi connectivity index (χ2n) is 4.73. The Balaban J connectivity index is 2.17. The van der Waals surface area contributed by atoms with E-state index >= 15 is 0 Å². The summed E-state index contributed by atoms with van der Waals surface area (Å²) in [5.41, 5.74) is 1.62. The smallest absolute Gasteiger partial charge is 0.352 e. The standard InChI is InChI=1S/C16H11ClFNO2/c17-13-3-1-2-11-8-14(16(20)21)19(15(11)13)9-10-4-6-12(18)7-5-10/h1-8H,9H2,(H,20,21). The third-order valence-corrected chi connectivity index (χ3v) is 3.65. The summed E-state index contributed by atoms with van der Waals surface area (Å²) in [6.45, 7) is 0.315. The lowest BCUT2D eigenvalue weighted by Gasteiger charge is -2.09. The van der Waals surface area contributed by atoms with Gasteiger partial charge in [-0.15, -0.1) is 0 Å². The lowest BCUT2D eigenvalue weighted by atomic mass is 10.2. The van der Waals surface area contributed by atoms with E-state index in [1.54, 1.807) is 34.9 Å². The number of carbonyl (C=O) groups is 1. The number of rotatable bonds is 3. The Morgan fingerprint density at radius 3 is 2.57 bits per heavy atom. The molecule has 0 atom stereocenters. The number of halogens is 2. The number of hydrogen-bond acceptors (Lipinski definition) is 1. The maximum Gasteiger partial charge on any atom is 0.352 e. The van der Waals surface area contributed by atoms with Gasteiger partial charge in [0.2, 0.25) is 0 Å². The summed E-state index contributed by atoms with van der Waals surface area (Å²) < 4.78 is 14.6. The van der Waals surface area contributed by atoms with Crippen LogP contribution in [0, 0.1) is 5.82 Å². The van der Waals surface area contributed by atoms with Gasteiger partial charge in [0.1, 0.15) is 11.5 Å². The van der Waals surface area contributed by atoms with E-state index in [0.29, 0.717) is 17.1 Å². The van der Waals surface area contributed by atoms with Gasteiger partial charge in [0, 0.05) is 11.9 Å². The minimum Gasteiger partial charge on any atom is -0.477 e. The fourth-order valence-electron chi connectivity index (χ4n) is 2.39. The normalized spacial score (nSPS) is 11.0. The van der Waals surface area contributed by atoms with Gasteiger partial charge >= 0.3 is 5.97 Å². The summed E-state index contributed by atoms with van der Waals surface area (Å²) in [5.74, 6) is -1.35. The summed E-state index contributed by atoms with van der Waals surface area (Å²) >= 11 is 6.20. The van der Waals surface area contributed by atoms with Crippen LogP contribution in [0.2, 0.25) is 5.02 Å². The first-order chi connectivity index (χ1) is 10.1. The first-order valence-corrected chi connectivity index (χ1v) is 6.69. The number of carboxylic acids is 1. The van der Waals surface area contributed by atoms with Crippen molar-refractivity contribution < 1.29 is 14.3 Å². The van der Waals surface area contributed by atoms with Gasteiger partial charge in [-0.3, -0.25) is 0 Å². The molecule has 0 amide bonds. The quantitative estimate of drug-likeness (QED) is 0.788. The Kier molecular flexibility index (Phi) is 3.39. The zero-order chi connectivity index (χ0) is 15.0. The molecule has 0 radical (unpaired) electrons. The first kappa shape index (κ1) is 13.6. The van der Waals surface area contributed by atoms with Gasteiger partial charge in [0.25, 0.3) is 0 Å². The monoisotopic (exact) mass is 303 g/mol. The molecular weight excluding hydrogens is 293 g/mol. The molecule has 0 aliphatic rings. The molecule has 3 rings (SSSR count). The lowest BCUT2D eigenvalue weighted by Crippen LogP contribution is -2.09. The van der Waals surface area contributed by atoms with Crippen molar-refractivity contribution in [3.63, 3.8) is 0 Å². The highest BCUT2D eigenvalue weighted by Crippen LogP contribution is 2.28. The van der Waals surface area contributed by atoms with E-state index in [9.17, 15) is 14.3 Å². The SMILES string of the molecule is O=C(O)c1cc2cccc(Cl)c2n1Cc1ccc(F)cc1. The maximum atomic E-state index is 13.0. The molecule has 5 heteroatoms. The van der Waals surface area contributed by atoms with Crippen LogP contribution in [0.5, 0.6) is 0 Å². The van der Waals surface area contributed by atoms with Gasteiger partial charge in [-0.05, 0) is 29.8 Å². The van der Waals surface area contributed by atoms with Gasteiger partial charge in [0.15, 0.2) is 0 Å². The number of aromatic carboxylic acids is 1. The van der Waals surface area contributed by atoms with Crippen molar-refractivity contribution in [2.45, 2.75) is 6.54 Å². The minimum atomic E-state index is -1.02. The lowest BCUT2D eigenvalue weighted by molar-refractivity contribution is 0.0686. The average Bonchev–Trinajstić information content (AvgIpc) is 2.82. The van der Waals surface area contributed by atoms with Crippen LogP contribution >= 0.6 is 11.6 Å². The van der Waals surface area contributed by atoms with E-state index in [1.807, 2.05) is 6.07 Å². The number of aromatic nitrogens is 1. The molecule has 3 nitrogen and oxygen atoms in total. The molecular formula is C16H11ClFNO2. The van der Waals surface area contributed by atoms with Gasteiger partial charge in [0.05, 0.1) is 10.5 Å². The molecule has 0 aliphatic carbocycles. The molecule has 0 saturated carbocycles. The van der Waals surface area contributed by atoms with Crippen molar-refractivity contribution in [1.29, 1.82) is 0 Å². The number of benzene rings is 2. The summed E-state index contributed by atoms with van der Waals surface area (Å²) in [7, 11) is 0. The Morgan fingerprint density at radius 1 is 1.19 bits per heavy atom. The molecule has 106 valence electrons. The van der Waals surface area contributed by atoms with E-state index in [0.717, 1.165) is 10.9 Å². The van der Waals surface area contributed by atoms with Crippen molar-refractivity contribution in [3.05, 3.63) is 70.6 Å². The summed E-state index contributed by atoms with van der Waals surface area (Å²) in [4.78, 5) is 11.4. The van der Waals surface area contributed by atoms with Crippen LogP contribution < -0.4 is 0 Å². The Hall–Kier alpha value is -2.33. The fraction of sp³-hybridized carbons (Fsp3) is 0.0625. The van der Waals surface area contributed by atoms with Crippen molar-refractivity contribution in [3.8, 4) is 0 Å². The third kappa shape index (κ3) is 2.50. The molecule has 2 aromatic carbocycles. The van der Waals surface area contributed by atoms with Gasteiger partial charge in [-0.1, -0.05) is 35.9 Å². The molecule has 0 bridgehead atoms. The largest absolute Gasteiger partial charge is 0.477 e. The molecule has 0 unspecified atom stereocenters. The molecule has 0 spiro atoms.